The van der Waals surface area contributed by atoms with Gasteiger partial charge in [-0.1, -0.05) is 37.1 Å². The first-order chi connectivity index (χ1) is 17.0. The van der Waals surface area contributed by atoms with Gasteiger partial charge in [0.1, 0.15) is 11.9 Å². The van der Waals surface area contributed by atoms with Crippen molar-refractivity contribution in [2.45, 2.75) is 44.2 Å². The van der Waals surface area contributed by atoms with E-state index in [9.17, 15) is 14.4 Å². The number of carbonyl (C=O) groups is 3. The van der Waals surface area contributed by atoms with Gasteiger partial charge in [0.2, 0.25) is 11.8 Å². The summed E-state index contributed by atoms with van der Waals surface area (Å²) in [7, 11) is 1.29. The molecular weight excluding hydrogens is 467 g/mol. The van der Waals surface area contributed by atoms with Gasteiger partial charge in [-0.25, -0.2) is 9.18 Å². The molecule has 4 rings (SSSR count). The van der Waals surface area contributed by atoms with Crippen molar-refractivity contribution in [1.29, 1.82) is 0 Å². The molecular formula is C27H27FN2O4S. The fraction of sp³-hybridized carbons (Fsp3) is 0.296. The number of rotatable bonds is 8. The Morgan fingerprint density at radius 1 is 1.06 bits per heavy atom. The van der Waals surface area contributed by atoms with E-state index in [4.69, 9.17) is 4.74 Å². The third-order valence-electron chi connectivity index (χ3n) is 6.15. The summed E-state index contributed by atoms with van der Waals surface area (Å²) < 4.78 is 19.8. The summed E-state index contributed by atoms with van der Waals surface area (Å²) in [4.78, 5) is 41.4. The van der Waals surface area contributed by atoms with Crippen LogP contribution in [0.1, 0.15) is 52.5 Å². The number of benzene rings is 2. The highest BCUT2D eigenvalue weighted by molar-refractivity contribution is 7.10. The molecule has 1 heterocycles. The van der Waals surface area contributed by atoms with Gasteiger partial charge in [0, 0.05) is 22.2 Å². The first-order valence-corrected chi connectivity index (χ1v) is 12.4. The van der Waals surface area contributed by atoms with Crippen molar-refractivity contribution in [1.82, 2.24) is 5.32 Å². The van der Waals surface area contributed by atoms with Crippen molar-refractivity contribution in [2.75, 3.05) is 12.0 Å². The van der Waals surface area contributed by atoms with Crippen LogP contribution in [0.25, 0.3) is 0 Å². The highest BCUT2D eigenvalue weighted by atomic mass is 32.1. The van der Waals surface area contributed by atoms with Crippen LogP contribution in [0, 0.1) is 5.82 Å². The highest BCUT2D eigenvalue weighted by Crippen LogP contribution is 2.32. The number of carbonyl (C=O) groups excluding carboxylic acids is 3. The highest BCUT2D eigenvalue weighted by Gasteiger charge is 2.36. The lowest BCUT2D eigenvalue weighted by atomic mass is 10.0. The van der Waals surface area contributed by atoms with E-state index in [1.165, 1.54) is 47.6 Å². The maximum Gasteiger partial charge on any atom is 0.337 e. The summed E-state index contributed by atoms with van der Waals surface area (Å²) >= 11 is 1.44. The van der Waals surface area contributed by atoms with Crippen molar-refractivity contribution < 1.29 is 23.5 Å². The van der Waals surface area contributed by atoms with Gasteiger partial charge >= 0.3 is 5.97 Å². The molecule has 0 saturated heterocycles. The zero-order valence-corrected chi connectivity index (χ0v) is 20.2. The predicted molar refractivity (Wildman–Crippen MR) is 133 cm³/mol. The Morgan fingerprint density at radius 2 is 1.77 bits per heavy atom. The lowest BCUT2D eigenvalue weighted by Gasteiger charge is -2.32. The van der Waals surface area contributed by atoms with E-state index in [0.29, 0.717) is 11.3 Å². The Labute approximate surface area is 207 Å². The molecule has 3 aromatic rings. The van der Waals surface area contributed by atoms with Gasteiger partial charge in [-0.3, -0.25) is 14.5 Å². The Hall–Kier alpha value is -3.52. The van der Waals surface area contributed by atoms with Gasteiger partial charge in [-0.2, -0.15) is 0 Å². The van der Waals surface area contributed by atoms with Gasteiger partial charge < -0.3 is 10.1 Å². The number of ether oxygens (including phenoxy) is 1. The minimum atomic E-state index is -1.21. The van der Waals surface area contributed by atoms with Gasteiger partial charge in [0.15, 0.2) is 0 Å². The number of hydrogen-bond donors (Lipinski definition) is 1. The molecule has 1 aliphatic carbocycles. The molecule has 1 fully saturated rings. The molecule has 0 spiro atoms. The Bertz CT molecular complexity index is 1170. The number of methoxy groups -OCH3 is 1. The van der Waals surface area contributed by atoms with Crippen LogP contribution in [0.15, 0.2) is 66.0 Å². The van der Waals surface area contributed by atoms with Gasteiger partial charge in [-0.05, 0) is 54.6 Å². The second kappa shape index (κ2) is 11.3. The Morgan fingerprint density at radius 3 is 2.40 bits per heavy atom. The molecule has 1 saturated carbocycles. The molecule has 35 heavy (non-hydrogen) atoms. The molecule has 2 aromatic carbocycles. The van der Waals surface area contributed by atoms with Crippen molar-refractivity contribution in [2.24, 2.45) is 0 Å². The molecule has 1 atom stereocenters. The van der Waals surface area contributed by atoms with E-state index < -0.39 is 23.7 Å². The molecule has 1 aromatic heterocycles. The number of anilines is 1. The number of halogens is 1. The van der Waals surface area contributed by atoms with Crippen LogP contribution in [0.4, 0.5) is 10.1 Å². The summed E-state index contributed by atoms with van der Waals surface area (Å²) in [5.74, 6) is -1.87. The summed E-state index contributed by atoms with van der Waals surface area (Å²) in [5.41, 5.74) is 0.799. The number of esters is 1. The van der Waals surface area contributed by atoms with E-state index in [1.807, 2.05) is 17.5 Å². The van der Waals surface area contributed by atoms with Crippen molar-refractivity contribution in [3.8, 4) is 0 Å². The van der Waals surface area contributed by atoms with E-state index in [0.717, 1.165) is 30.6 Å². The third-order valence-corrected chi connectivity index (χ3v) is 7.03. The standard InChI is InChI=1S/C27H27FN2O4S/c1-34-27(33)18-12-14-20(15-13-18)30(24(31)17-21-9-6-16-35-21)25(22-10-4-5-11-23(22)28)26(32)29-19-7-2-3-8-19/h4-6,9-16,19,25H,2-3,7-8,17H2,1H3,(H,29,32). The van der Waals surface area contributed by atoms with Gasteiger partial charge in [0.05, 0.1) is 19.1 Å². The minimum absolute atomic E-state index is 0.00674. The number of amides is 2. The second-order valence-electron chi connectivity index (χ2n) is 8.47. The molecule has 0 aliphatic heterocycles. The number of hydrogen-bond acceptors (Lipinski definition) is 5. The normalized spacial score (nSPS) is 14.3. The first-order valence-electron chi connectivity index (χ1n) is 11.6. The Kier molecular flexibility index (Phi) is 7.92. The monoisotopic (exact) mass is 494 g/mol. The quantitative estimate of drug-likeness (QED) is 0.445. The van der Waals surface area contributed by atoms with Crippen LogP contribution in [0.2, 0.25) is 0 Å². The van der Waals surface area contributed by atoms with Crippen LogP contribution in [-0.4, -0.2) is 30.9 Å². The summed E-state index contributed by atoms with van der Waals surface area (Å²) in [6.07, 6.45) is 3.80. The molecule has 8 heteroatoms. The molecule has 6 nitrogen and oxygen atoms in total. The summed E-state index contributed by atoms with van der Waals surface area (Å²) in [5, 5.41) is 4.91. The molecule has 1 unspecified atom stereocenters. The lowest BCUT2D eigenvalue weighted by molar-refractivity contribution is -0.127. The predicted octanol–water partition coefficient (Wildman–Crippen LogP) is 5.05. The zero-order chi connectivity index (χ0) is 24.8. The van der Waals surface area contributed by atoms with Crippen molar-refractivity contribution >= 4 is 34.8 Å². The number of thiophene rings is 1. The van der Waals surface area contributed by atoms with Crippen LogP contribution in [0.3, 0.4) is 0 Å². The molecule has 2 amide bonds. The first kappa shape index (κ1) is 24.6. The topological polar surface area (TPSA) is 75.7 Å². The van der Waals surface area contributed by atoms with E-state index in [-0.39, 0.29) is 23.9 Å². The van der Waals surface area contributed by atoms with E-state index in [2.05, 4.69) is 5.32 Å². The summed E-state index contributed by atoms with van der Waals surface area (Å²) in [6.45, 7) is 0. The fourth-order valence-electron chi connectivity index (χ4n) is 4.41. The van der Waals surface area contributed by atoms with Crippen LogP contribution >= 0.6 is 11.3 Å². The summed E-state index contributed by atoms with van der Waals surface area (Å²) in [6, 6.07) is 14.7. The molecule has 182 valence electrons. The second-order valence-corrected chi connectivity index (χ2v) is 9.50. The smallest absolute Gasteiger partial charge is 0.337 e. The zero-order valence-electron chi connectivity index (χ0n) is 19.4. The Balaban J connectivity index is 1.78. The molecule has 1 aliphatic rings. The maximum absolute atomic E-state index is 15.1. The number of nitrogens with zero attached hydrogens (tertiary/aromatic N) is 1. The number of nitrogens with one attached hydrogen (secondary N) is 1. The maximum atomic E-state index is 15.1. The molecule has 0 radical (unpaired) electrons. The average molecular weight is 495 g/mol. The van der Waals surface area contributed by atoms with Crippen LogP contribution in [-0.2, 0) is 20.7 Å². The average Bonchev–Trinajstić information content (AvgIpc) is 3.57. The molecule has 1 N–H and O–H groups in total. The third kappa shape index (κ3) is 5.77. The fourth-order valence-corrected chi connectivity index (χ4v) is 5.10. The van der Waals surface area contributed by atoms with Gasteiger partial charge in [-0.15, -0.1) is 11.3 Å². The lowest BCUT2D eigenvalue weighted by Crippen LogP contribution is -2.47. The largest absolute Gasteiger partial charge is 0.465 e. The van der Waals surface area contributed by atoms with Gasteiger partial charge in [0.25, 0.3) is 0 Å². The molecule has 0 bridgehead atoms. The minimum Gasteiger partial charge on any atom is -0.465 e. The van der Waals surface area contributed by atoms with Crippen LogP contribution in [0.5, 0.6) is 0 Å². The van der Waals surface area contributed by atoms with E-state index in [1.54, 1.807) is 24.3 Å². The van der Waals surface area contributed by atoms with Crippen molar-refractivity contribution in [3.63, 3.8) is 0 Å². The van der Waals surface area contributed by atoms with Crippen molar-refractivity contribution in [3.05, 3.63) is 87.9 Å². The SMILES string of the molecule is COC(=O)c1ccc(N(C(=O)Cc2cccs2)C(C(=O)NC2CCCC2)c2ccccc2F)cc1. The van der Waals surface area contributed by atoms with E-state index >= 15 is 4.39 Å². The van der Waals surface area contributed by atoms with Crippen LogP contribution < -0.4 is 10.2 Å².